The molecule has 0 heterocycles. The van der Waals surface area contributed by atoms with Crippen molar-refractivity contribution in [1.82, 2.24) is 10.6 Å². The van der Waals surface area contributed by atoms with Gasteiger partial charge in [-0.05, 0) is 86.8 Å². The van der Waals surface area contributed by atoms with Crippen LogP contribution in [0.2, 0.25) is 0 Å². The number of oxime groups is 2. The van der Waals surface area contributed by atoms with Crippen molar-refractivity contribution in [3.05, 3.63) is 59.7 Å². The van der Waals surface area contributed by atoms with Gasteiger partial charge < -0.3 is 30.5 Å². The largest absolute Gasteiger partial charge is 0.490 e. The molecule has 238 valence electrons. The van der Waals surface area contributed by atoms with E-state index in [2.05, 4.69) is 20.9 Å². The molecule has 0 aromatic heterocycles. The predicted octanol–water partition coefficient (Wildman–Crippen LogP) is 5.39. The van der Waals surface area contributed by atoms with Crippen LogP contribution >= 0.6 is 21.6 Å². The number of nitrogens with zero attached hydrogens (tertiary/aromatic N) is 2. The minimum atomic E-state index is -0.413. The van der Waals surface area contributed by atoms with E-state index >= 15 is 0 Å². The first-order valence-corrected chi connectivity index (χ1v) is 17.8. The molecule has 2 aromatic carbocycles. The number of benzene rings is 2. The van der Waals surface area contributed by atoms with Gasteiger partial charge in [0.05, 0.1) is 12.2 Å². The number of rotatable bonds is 17. The summed E-state index contributed by atoms with van der Waals surface area (Å²) in [4.78, 5) is 24.9. The van der Waals surface area contributed by atoms with E-state index in [1.165, 1.54) is 25.7 Å². The van der Waals surface area contributed by atoms with E-state index in [-0.39, 0.29) is 36.5 Å². The van der Waals surface area contributed by atoms with Crippen molar-refractivity contribution in [3.8, 4) is 11.5 Å². The molecule has 44 heavy (non-hydrogen) atoms. The van der Waals surface area contributed by atoms with Crippen LogP contribution in [0, 0.1) is 0 Å². The van der Waals surface area contributed by atoms with Crippen LogP contribution in [-0.4, -0.2) is 70.5 Å². The molecule has 0 aliphatic heterocycles. The van der Waals surface area contributed by atoms with Crippen molar-refractivity contribution in [3.63, 3.8) is 0 Å². The maximum atomic E-state index is 12.5. The van der Waals surface area contributed by atoms with E-state index in [0.29, 0.717) is 24.6 Å². The average molecular weight is 643 g/mol. The summed E-state index contributed by atoms with van der Waals surface area (Å²) < 4.78 is 12.0. The highest BCUT2D eigenvalue weighted by molar-refractivity contribution is 8.76. The zero-order valence-electron chi connectivity index (χ0n) is 24.9. The van der Waals surface area contributed by atoms with Gasteiger partial charge in [-0.3, -0.25) is 9.59 Å². The number of amides is 2. The van der Waals surface area contributed by atoms with Crippen molar-refractivity contribution in [2.24, 2.45) is 10.3 Å². The molecule has 0 bridgehead atoms. The fourth-order valence-corrected chi connectivity index (χ4v) is 7.03. The Balaban J connectivity index is 1.05. The van der Waals surface area contributed by atoms with Gasteiger partial charge in [-0.2, -0.15) is 0 Å². The molecule has 4 N–H and O–H groups in total. The van der Waals surface area contributed by atoms with Crippen LogP contribution < -0.4 is 20.1 Å². The lowest BCUT2D eigenvalue weighted by molar-refractivity contribution is -0.115. The van der Waals surface area contributed by atoms with Crippen molar-refractivity contribution in [2.75, 3.05) is 24.6 Å². The quantitative estimate of drug-likeness (QED) is 0.0592. The highest BCUT2D eigenvalue weighted by Gasteiger charge is 2.18. The predicted molar refractivity (Wildman–Crippen MR) is 175 cm³/mol. The van der Waals surface area contributed by atoms with Crippen molar-refractivity contribution >= 4 is 44.8 Å². The lowest BCUT2D eigenvalue weighted by atomic mass is 10.1. The van der Waals surface area contributed by atoms with Crippen molar-refractivity contribution in [1.29, 1.82) is 0 Å². The van der Waals surface area contributed by atoms with Gasteiger partial charge in [0.2, 0.25) is 0 Å². The Morgan fingerprint density at radius 3 is 1.36 bits per heavy atom. The fraction of sp³-hybridized carbons (Fsp3) is 0.500. The maximum absolute atomic E-state index is 12.5. The first-order chi connectivity index (χ1) is 21.5. The first-order valence-electron chi connectivity index (χ1n) is 15.3. The third kappa shape index (κ3) is 11.3. The first kappa shape index (κ1) is 33.5. The van der Waals surface area contributed by atoms with Crippen LogP contribution in [-0.2, 0) is 22.4 Å². The smallest absolute Gasteiger partial charge is 0.269 e. The zero-order chi connectivity index (χ0) is 31.0. The molecule has 0 radical (unpaired) electrons. The standard InChI is InChI=1S/C32H42N4O6S2/c37-31(29(35-39)21-23-9-13-27(14-10-23)41-25-5-1-2-6-25)33-17-19-43-44-20-18-34-32(38)30(36-40)22-24-11-15-28(16-12-24)42-26-7-3-4-8-26/h9-16,25-26,39-40H,1-8,17-22H2,(H,33,37)(H,34,38)/b35-29-,36-30+. The molecule has 10 nitrogen and oxygen atoms in total. The van der Waals surface area contributed by atoms with Gasteiger partial charge >= 0.3 is 0 Å². The molecular formula is C32H42N4O6S2. The summed E-state index contributed by atoms with van der Waals surface area (Å²) in [6.45, 7) is 0.809. The molecule has 0 atom stereocenters. The van der Waals surface area contributed by atoms with Gasteiger partial charge in [-0.15, -0.1) is 0 Å². The van der Waals surface area contributed by atoms with Crippen LogP contribution in [0.25, 0.3) is 0 Å². The van der Waals surface area contributed by atoms with Crippen LogP contribution in [0.3, 0.4) is 0 Å². The second kappa shape index (κ2) is 18.4. The molecule has 2 aliphatic rings. The Bertz CT molecular complexity index is 1150. The van der Waals surface area contributed by atoms with Gasteiger partial charge in [-0.25, -0.2) is 0 Å². The molecule has 0 unspecified atom stereocenters. The van der Waals surface area contributed by atoms with Gasteiger partial charge in [0.1, 0.15) is 22.9 Å². The molecule has 2 saturated carbocycles. The molecule has 4 rings (SSSR count). The summed E-state index contributed by atoms with van der Waals surface area (Å²) >= 11 is 0. The highest BCUT2D eigenvalue weighted by atomic mass is 33.1. The van der Waals surface area contributed by atoms with E-state index in [9.17, 15) is 20.0 Å². The van der Waals surface area contributed by atoms with E-state index in [4.69, 9.17) is 9.47 Å². The van der Waals surface area contributed by atoms with Crippen LogP contribution in [0.4, 0.5) is 0 Å². The molecular weight excluding hydrogens is 601 g/mol. The lowest BCUT2D eigenvalue weighted by Crippen LogP contribution is -2.34. The second-order valence-electron chi connectivity index (χ2n) is 10.9. The normalized spacial score (nSPS) is 16.2. The Labute approximate surface area is 266 Å². The third-order valence-electron chi connectivity index (χ3n) is 7.59. The number of hydrogen-bond donors (Lipinski definition) is 4. The van der Waals surface area contributed by atoms with E-state index in [1.807, 2.05) is 48.5 Å². The van der Waals surface area contributed by atoms with Crippen molar-refractivity contribution < 1.29 is 29.5 Å². The summed E-state index contributed by atoms with van der Waals surface area (Å²) in [5.74, 6) is 2.08. The Morgan fingerprint density at radius 2 is 1.02 bits per heavy atom. The third-order valence-corrected chi connectivity index (χ3v) is 10.00. The Hall–Kier alpha value is -3.38. The summed E-state index contributed by atoms with van der Waals surface area (Å²) in [6.07, 6.45) is 10.2. The molecule has 2 aromatic rings. The zero-order valence-corrected chi connectivity index (χ0v) is 26.5. The molecule has 2 fully saturated rings. The summed E-state index contributed by atoms with van der Waals surface area (Å²) in [6, 6.07) is 15.1. The minimum Gasteiger partial charge on any atom is -0.490 e. The fourth-order valence-electron chi connectivity index (χ4n) is 5.21. The SMILES string of the molecule is O=C(NCCSSCCNC(=O)/C(Cc1ccc(OC2CCCC2)cc1)=N/O)/C(Cc1ccc(OC2CCCC2)cc1)=N\O. The van der Waals surface area contributed by atoms with Crippen LogP contribution in [0.1, 0.15) is 62.5 Å². The number of hydrogen-bond acceptors (Lipinski definition) is 10. The van der Waals surface area contributed by atoms with E-state index in [1.54, 1.807) is 21.6 Å². The molecule has 0 saturated heterocycles. The maximum Gasteiger partial charge on any atom is 0.269 e. The monoisotopic (exact) mass is 642 g/mol. The van der Waals surface area contributed by atoms with E-state index < -0.39 is 11.8 Å². The summed E-state index contributed by atoms with van der Waals surface area (Å²) in [5, 5.41) is 30.7. The van der Waals surface area contributed by atoms with Gasteiger partial charge in [-0.1, -0.05) is 56.2 Å². The van der Waals surface area contributed by atoms with Gasteiger partial charge in [0.25, 0.3) is 11.8 Å². The molecule has 2 amide bonds. The van der Waals surface area contributed by atoms with Crippen LogP contribution in [0.15, 0.2) is 58.8 Å². The Morgan fingerprint density at radius 1 is 0.659 bits per heavy atom. The van der Waals surface area contributed by atoms with Gasteiger partial charge in [0.15, 0.2) is 0 Å². The Kier molecular flexibility index (Phi) is 14.0. The number of carbonyl (C=O) groups is 2. The molecule has 0 spiro atoms. The highest BCUT2D eigenvalue weighted by Crippen LogP contribution is 2.25. The lowest BCUT2D eigenvalue weighted by Gasteiger charge is -2.13. The van der Waals surface area contributed by atoms with Crippen molar-refractivity contribution in [2.45, 2.75) is 76.4 Å². The van der Waals surface area contributed by atoms with E-state index in [0.717, 1.165) is 48.3 Å². The second-order valence-corrected chi connectivity index (χ2v) is 13.6. The average Bonchev–Trinajstić information content (AvgIpc) is 3.76. The van der Waals surface area contributed by atoms with Crippen LogP contribution in [0.5, 0.6) is 11.5 Å². The van der Waals surface area contributed by atoms with Gasteiger partial charge in [0, 0.05) is 37.4 Å². The molecule has 2 aliphatic carbocycles. The molecule has 12 heteroatoms. The number of ether oxygens (including phenoxy) is 2. The summed E-state index contributed by atoms with van der Waals surface area (Å²) in [5.41, 5.74) is 1.80. The number of nitrogens with one attached hydrogen (secondary N) is 2. The topological polar surface area (TPSA) is 142 Å². The number of carbonyl (C=O) groups excluding carboxylic acids is 2. The minimum absolute atomic E-state index is 0.0459. The summed E-state index contributed by atoms with van der Waals surface area (Å²) in [7, 11) is 3.11.